The van der Waals surface area contributed by atoms with Crippen LogP contribution >= 0.6 is 0 Å². The fraction of sp³-hybridized carbons (Fsp3) is 0.500. The molecule has 0 saturated heterocycles. The maximum atomic E-state index is 2.34. The van der Waals surface area contributed by atoms with E-state index in [1.54, 1.807) is 0 Å². The summed E-state index contributed by atoms with van der Waals surface area (Å²) in [6, 6.07) is 0. The third-order valence-corrected chi connectivity index (χ3v) is 2.49. The molecule has 1 rings (SSSR count). The Morgan fingerprint density at radius 1 is 1.67 bits per heavy atom. The summed E-state index contributed by atoms with van der Waals surface area (Å²) >= 11 is 2.21. The van der Waals surface area contributed by atoms with Crippen molar-refractivity contribution in [2.24, 2.45) is 5.92 Å². The van der Waals surface area contributed by atoms with Gasteiger partial charge in [-0.25, -0.2) is 0 Å². The first kappa shape index (κ1) is 7.30. The molecule has 0 aromatic rings. The number of hydrogen-bond donors (Lipinski definition) is 0. The molecule has 1 unspecified atom stereocenters. The zero-order valence-corrected chi connectivity index (χ0v) is 7.50. The van der Waals surface area contributed by atoms with Crippen molar-refractivity contribution in [2.75, 3.05) is 0 Å². The molecule has 1 heteroatoms. The van der Waals surface area contributed by atoms with E-state index in [2.05, 4.69) is 46.4 Å². The average molecular weight is 155 g/mol. The van der Waals surface area contributed by atoms with Gasteiger partial charge >= 0.3 is 68.2 Å². The van der Waals surface area contributed by atoms with Crippen LogP contribution in [0, 0.1) is 5.92 Å². The van der Waals surface area contributed by atoms with E-state index in [0.29, 0.717) is 0 Å². The molecule has 0 bridgehead atoms. The van der Waals surface area contributed by atoms with Crippen LogP contribution in [0.2, 0.25) is 0 Å². The second kappa shape index (κ2) is 2.85. The Labute approximate surface area is 68.4 Å². The van der Waals surface area contributed by atoms with Gasteiger partial charge in [0, 0.05) is 0 Å². The fourth-order valence-electron chi connectivity index (χ4n) is 1.15. The Morgan fingerprint density at radius 2 is 2.33 bits per heavy atom. The molecule has 9 heavy (non-hydrogen) atoms. The van der Waals surface area contributed by atoms with Gasteiger partial charge in [0.05, 0.1) is 0 Å². The van der Waals surface area contributed by atoms with Crippen molar-refractivity contribution in [2.45, 2.75) is 20.3 Å². The van der Waals surface area contributed by atoms with Crippen LogP contribution in [0.5, 0.6) is 0 Å². The molecular formula is C8H11Ti. The summed E-state index contributed by atoms with van der Waals surface area (Å²) in [5.74, 6) is 0.741. The molecule has 0 N–H and O–H groups in total. The van der Waals surface area contributed by atoms with E-state index in [-0.39, 0.29) is 0 Å². The predicted octanol–water partition coefficient (Wildman–Crippen LogP) is 2.40. The van der Waals surface area contributed by atoms with Crippen LogP contribution in [0.15, 0.2) is 21.6 Å². The Bertz CT molecular complexity index is 165. The molecule has 0 fully saturated rings. The van der Waals surface area contributed by atoms with Gasteiger partial charge in [-0.3, -0.25) is 0 Å². The molecule has 0 radical (unpaired) electrons. The van der Waals surface area contributed by atoms with E-state index in [9.17, 15) is 0 Å². The van der Waals surface area contributed by atoms with Crippen LogP contribution in [0.1, 0.15) is 20.3 Å². The van der Waals surface area contributed by atoms with Crippen molar-refractivity contribution < 1.29 is 20.4 Å². The summed E-state index contributed by atoms with van der Waals surface area (Å²) in [4.78, 5) is 0. The Morgan fingerprint density at radius 3 is 2.56 bits per heavy atom. The molecule has 0 aliphatic heterocycles. The SMILES string of the molecule is CCC1C=C(C)C=[C]1[Ti]. The second-order valence-corrected chi connectivity index (χ2v) is 3.43. The van der Waals surface area contributed by atoms with Gasteiger partial charge < -0.3 is 0 Å². The summed E-state index contributed by atoms with van der Waals surface area (Å²) in [5, 5.41) is 0. The summed E-state index contributed by atoms with van der Waals surface area (Å²) in [6.07, 6.45) is 5.86. The number of allylic oxidation sites excluding steroid dienone is 4. The van der Waals surface area contributed by atoms with Gasteiger partial charge in [0.1, 0.15) is 0 Å². The van der Waals surface area contributed by atoms with E-state index < -0.39 is 0 Å². The third-order valence-electron chi connectivity index (χ3n) is 1.69. The first-order valence-electron chi connectivity index (χ1n) is 3.35. The molecule has 47 valence electrons. The van der Waals surface area contributed by atoms with E-state index in [1.807, 2.05) is 0 Å². The number of hydrogen-bond acceptors (Lipinski definition) is 0. The number of rotatable bonds is 1. The van der Waals surface area contributed by atoms with Crippen molar-refractivity contribution in [3.05, 3.63) is 21.6 Å². The quantitative estimate of drug-likeness (QED) is 0.510. The summed E-state index contributed by atoms with van der Waals surface area (Å²) in [6.45, 7) is 4.40. The zero-order chi connectivity index (χ0) is 6.85. The molecule has 0 nitrogen and oxygen atoms in total. The fourth-order valence-corrected chi connectivity index (χ4v) is 1.95. The van der Waals surface area contributed by atoms with Crippen LogP contribution in [0.3, 0.4) is 0 Å². The topological polar surface area (TPSA) is 0 Å². The van der Waals surface area contributed by atoms with Crippen molar-refractivity contribution in [1.82, 2.24) is 0 Å². The molecular weight excluding hydrogens is 144 g/mol. The van der Waals surface area contributed by atoms with Gasteiger partial charge in [0.25, 0.3) is 0 Å². The Balaban J connectivity index is 2.70. The molecule has 0 spiro atoms. The summed E-state index contributed by atoms with van der Waals surface area (Å²) in [5.41, 5.74) is 1.43. The van der Waals surface area contributed by atoms with E-state index in [4.69, 9.17) is 0 Å². The van der Waals surface area contributed by atoms with E-state index in [1.165, 1.54) is 15.9 Å². The summed E-state index contributed by atoms with van der Waals surface area (Å²) < 4.78 is 1.52. The Hall–Kier alpha value is 0.194. The van der Waals surface area contributed by atoms with Crippen molar-refractivity contribution in [3.63, 3.8) is 0 Å². The molecule has 0 aromatic carbocycles. The van der Waals surface area contributed by atoms with Gasteiger partial charge in [0.2, 0.25) is 0 Å². The minimum atomic E-state index is 0.741. The first-order chi connectivity index (χ1) is 4.24. The van der Waals surface area contributed by atoms with Gasteiger partial charge in [-0.05, 0) is 0 Å². The molecule has 0 saturated carbocycles. The van der Waals surface area contributed by atoms with Crippen molar-refractivity contribution in [1.29, 1.82) is 0 Å². The molecule has 1 atom stereocenters. The monoisotopic (exact) mass is 155 g/mol. The van der Waals surface area contributed by atoms with Crippen LogP contribution in [-0.2, 0) is 20.4 Å². The van der Waals surface area contributed by atoms with Crippen molar-refractivity contribution >= 4 is 0 Å². The van der Waals surface area contributed by atoms with E-state index >= 15 is 0 Å². The van der Waals surface area contributed by atoms with Gasteiger partial charge in [-0.2, -0.15) is 0 Å². The van der Waals surface area contributed by atoms with Gasteiger partial charge in [-0.1, -0.05) is 0 Å². The van der Waals surface area contributed by atoms with E-state index in [0.717, 1.165) is 5.92 Å². The van der Waals surface area contributed by atoms with Crippen LogP contribution in [-0.4, -0.2) is 0 Å². The van der Waals surface area contributed by atoms with Crippen LogP contribution in [0.4, 0.5) is 0 Å². The molecule has 1 aliphatic rings. The maximum absolute atomic E-state index is 2.34. The average Bonchev–Trinajstić information content (AvgIpc) is 2.10. The summed E-state index contributed by atoms with van der Waals surface area (Å²) in [7, 11) is 0. The zero-order valence-electron chi connectivity index (χ0n) is 5.94. The van der Waals surface area contributed by atoms with Gasteiger partial charge in [-0.15, -0.1) is 0 Å². The molecule has 1 aliphatic carbocycles. The molecule has 0 heterocycles. The molecule has 0 aromatic heterocycles. The molecule has 0 amide bonds. The minimum absolute atomic E-state index is 0.741. The third kappa shape index (κ3) is 1.56. The standard InChI is InChI=1S/C8H11.Ti/c1-3-8-5-4-7(2)6-8;/h4,6,8H,3H2,1-2H3;. The first-order valence-corrected chi connectivity index (χ1v) is 4.13. The van der Waals surface area contributed by atoms with Crippen molar-refractivity contribution in [3.8, 4) is 0 Å². The van der Waals surface area contributed by atoms with Crippen LogP contribution in [0.25, 0.3) is 0 Å². The van der Waals surface area contributed by atoms with Gasteiger partial charge in [0.15, 0.2) is 0 Å². The predicted molar refractivity (Wildman–Crippen MR) is 35.6 cm³/mol. The second-order valence-electron chi connectivity index (χ2n) is 2.53. The Kier molecular flexibility index (Phi) is 2.31. The normalized spacial score (nSPS) is 25.7. The van der Waals surface area contributed by atoms with Crippen LogP contribution < -0.4 is 0 Å².